The van der Waals surface area contributed by atoms with E-state index < -0.39 is 23.8 Å². The van der Waals surface area contributed by atoms with E-state index in [9.17, 15) is 19.2 Å². The number of carbonyl (C=O) groups is 4. The first kappa shape index (κ1) is 18.3. The molecule has 8 heteroatoms. The van der Waals surface area contributed by atoms with Crippen LogP contribution in [0.3, 0.4) is 0 Å². The Bertz CT molecular complexity index is 914. The Morgan fingerprint density at radius 3 is 2.62 bits per heavy atom. The largest absolute Gasteiger partial charge is 0.371 e. The van der Waals surface area contributed by atoms with Crippen LogP contribution >= 0.6 is 0 Å². The molecule has 1 unspecified atom stereocenters. The molecule has 8 nitrogen and oxygen atoms in total. The van der Waals surface area contributed by atoms with Gasteiger partial charge in [-0.3, -0.25) is 29.4 Å². The second kappa shape index (κ2) is 6.95. The van der Waals surface area contributed by atoms with Crippen LogP contribution in [0.15, 0.2) is 18.2 Å². The summed E-state index contributed by atoms with van der Waals surface area (Å²) < 4.78 is 0. The third-order valence-corrected chi connectivity index (χ3v) is 6.68. The summed E-state index contributed by atoms with van der Waals surface area (Å²) in [5.41, 5.74) is 1.62. The van der Waals surface area contributed by atoms with Crippen molar-refractivity contribution in [1.82, 2.24) is 15.5 Å². The molecule has 3 saturated heterocycles. The highest BCUT2D eigenvalue weighted by Crippen LogP contribution is 2.33. The third-order valence-electron chi connectivity index (χ3n) is 6.68. The zero-order valence-electron chi connectivity index (χ0n) is 16.1. The first-order chi connectivity index (χ1) is 14.0. The lowest BCUT2D eigenvalue weighted by Gasteiger charge is -2.42. The number of fused-ring (bicyclic) bond motifs is 2. The number of hydrogen-bond acceptors (Lipinski definition) is 6. The number of hydrogen-bond donors (Lipinski definition) is 2. The minimum atomic E-state index is -0.924. The molecule has 4 heterocycles. The predicted molar refractivity (Wildman–Crippen MR) is 104 cm³/mol. The molecule has 0 aliphatic carbocycles. The minimum absolute atomic E-state index is 0.124. The summed E-state index contributed by atoms with van der Waals surface area (Å²) in [5, 5.41) is 5.83. The van der Waals surface area contributed by atoms with Crippen LogP contribution in [0, 0.1) is 5.92 Å². The number of nitrogens with one attached hydrogen (secondary N) is 2. The molecular weight excluding hydrogens is 372 g/mol. The summed E-state index contributed by atoms with van der Waals surface area (Å²) in [6.45, 7) is 2.94. The van der Waals surface area contributed by atoms with Crippen molar-refractivity contribution in [3.05, 3.63) is 29.3 Å². The molecule has 0 radical (unpaired) electrons. The molecule has 4 aliphatic rings. The summed E-state index contributed by atoms with van der Waals surface area (Å²) in [4.78, 5) is 52.7. The molecule has 29 heavy (non-hydrogen) atoms. The fraction of sp³-hybridized carbons (Fsp3) is 0.524. The Labute approximate surface area is 168 Å². The average Bonchev–Trinajstić information content (AvgIpc) is 2.98. The monoisotopic (exact) mass is 396 g/mol. The number of imide groups is 2. The maximum Gasteiger partial charge on any atom is 0.262 e. The molecule has 3 fully saturated rings. The van der Waals surface area contributed by atoms with Crippen molar-refractivity contribution in [2.45, 2.75) is 44.2 Å². The topological polar surface area (TPSA) is 98.8 Å². The quantitative estimate of drug-likeness (QED) is 0.713. The maximum absolute atomic E-state index is 13.0. The van der Waals surface area contributed by atoms with Crippen LogP contribution in [0.2, 0.25) is 0 Å². The minimum Gasteiger partial charge on any atom is -0.371 e. The normalized spacial score (nSPS) is 29.6. The molecule has 3 atom stereocenters. The highest BCUT2D eigenvalue weighted by Gasteiger charge is 2.45. The van der Waals surface area contributed by atoms with Crippen LogP contribution in [0.25, 0.3) is 0 Å². The lowest BCUT2D eigenvalue weighted by Crippen LogP contribution is -2.54. The molecule has 1 aromatic rings. The van der Waals surface area contributed by atoms with Crippen molar-refractivity contribution in [2.24, 2.45) is 5.92 Å². The van der Waals surface area contributed by atoms with E-state index in [0.29, 0.717) is 23.1 Å². The molecule has 152 valence electrons. The zero-order valence-corrected chi connectivity index (χ0v) is 16.1. The van der Waals surface area contributed by atoms with Crippen molar-refractivity contribution in [2.75, 3.05) is 24.5 Å². The second-order valence-corrected chi connectivity index (χ2v) is 8.37. The summed E-state index contributed by atoms with van der Waals surface area (Å²) >= 11 is 0. The van der Waals surface area contributed by atoms with Gasteiger partial charge in [0.1, 0.15) is 6.04 Å². The number of rotatable bonds is 2. The Balaban J connectivity index is 1.38. The fourth-order valence-corrected chi connectivity index (χ4v) is 5.14. The van der Waals surface area contributed by atoms with E-state index in [1.165, 1.54) is 12.8 Å². The standard InChI is InChI=1S/C21H24N4O4/c26-18-6-5-17(19(27)23-18)25-20(28)14-4-3-13(10-15(14)21(25)29)24-9-7-16-12(11-24)2-1-8-22-16/h3-4,10,12,16-17,22H,1-2,5-9,11H2,(H,23,26,27)/t12-,16+,17?/m1/s1. The second-order valence-electron chi connectivity index (χ2n) is 8.37. The van der Waals surface area contributed by atoms with Crippen LogP contribution in [0.4, 0.5) is 5.69 Å². The van der Waals surface area contributed by atoms with Crippen LogP contribution < -0.4 is 15.5 Å². The van der Waals surface area contributed by atoms with Gasteiger partial charge in [-0.2, -0.15) is 0 Å². The van der Waals surface area contributed by atoms with E-state index in [-0.39, 0.29) is 18.7 Å². The number of benzene rings is 1. The van der Waals surface area contributed by atoms with E-state index in [2.05, 4.69) is 15.5 Å². The summed E-state index contributed by atoms with van der Waals surface area (Å²) in [6, 6.07) is 5.03. The molecule has 0 saturated carbocycles. The highest BCUT2D eigenvalue weighted by atomic mass is 16.2. The van der Waals surface area contributed by atoms with Crippen molar-refractivity contribution in [3.63, 3.8) is 0 Å². The van der Waals surface area contributed by atoms with Gasteiger partial charge in [0.2, 0.25) is 11.8 Å². The predicted octanol–water partition coefficient (Wildman–Crippen LogP) is 0.666. The molecule has 2 N–H and O–H groups in total. The number of nitrogens with zero attached hydrogens (tertiary/aromatic N) is 2. The van der Waals surface area contributed by atoms with Crippen LogP contribution in [0.1, 0.15) is 52.8 Å². The van der Waals surface area contributed by atoms with Crippen molar-refractivity contribution >= 4 is 29.3 Å². The van der Waals surface area contributed by atoms with Crippen molar-refractivity contribution < 1.29 is 19.2 Å². The van der Waals surface area contributed by atoms with Gasteiger partial charge in [0, 0.05) is 31.2 Å². The van der Waals surface area contributed by atoms with Gasteiger partial charge in [-0.1, -0.05) is 0 Å². The van der Waals surface area contributed by atoms with E-state index in [0.717, 1.165) is 36.6 Å². The SMILES string of the molecule is O=C1CCC(N2C(=O)c3ccc(N4CC[C@@H]5NCCC[C@@H]5C4)cc3C2=O)C(=O)N1. The average molecular weight is 396 g/mol. The molecule has 1 aromatic carbocycles. The Kier molecular flexibility index (Phi) is 4.38. The zero-order chi connectivity index (χ0) is 20.1. The molecule has 0 bridgehead atoms. The third kappa shape index (κ3) is 3.02. The van der Waals surface area contributed by atoms with Crippen molar-refractivity contribution in [1.29, 1.82) is 0 Å². The van der Waals surface area contributed by atoms with Gasteiger partial charge in [-0.05, 0) is 56.3 Å². The van der Waals surface area contributed by atoms with Gasteiger partial charge in [-0.25, -0.2) is 0 Å². The van der Waals surface area contributed by atoms with Crippen LogP contribution in [-0.4, -0.2) is 60.2 Å². The first-order valence-corrected chi connectivity index (χ1v) is 10.4. The van der Waals surface area contributed by atoms with Gasteiger partial charge in [-0.15, -0.1) is 0 Å². The van der Waals surface area contributed by atoms with Crippen molar-refractivity contribution in [3.8, 4) is 0 Å². The summed E-state index contributed by atoms with van der Waals surface area (Å²) in [6.07, 6.45) is 3.76. The van der Waals surface area contributed by atoms with Crippen LogP contribution in [0.5, 0.6) is 0 Å². The molecule has 0 aromatic heterocycles. The molecular formula is C21H24N4O4. The maximum atomic E-state index is 13.0. The van der Waals surface area contributed by atoms with E-state index in [1.54, 1.807) is 12.1 Å². The first-order valence-electron chi connectivity index (χ1n) is 10.4. The number of piperidine rings is 3. The molecule has 0 spiro atoms. The van der Waals surface area contributed by atoms with Crippen LogP contribution in [-0.2, 0) is 9.59 Å². The van der Waals surface area contributed by atoms with Gasteiger partial charge in [0.15, 0.2) is 0 Å². The Hall–Kier alpha value is -2.74. The fourth-order valence-electron chi connectivity index (χ4n) is 5.14. The van der Waals surface area contributed by atoms with Gasteiger partial charge < -0.3 is 10.2 Å². The van der Waals surface area contributed by atoms with Gasteiger partial charge >= 0.3 is 0 Å². The number of anilines is 1. The molecule has 5 rings (SSSR count). The number of carbonyl (C=O) groups excluding carboxylic acids is 4. The summed E-state index contributed by atoms with van der Waals surface area (Å²) in [5.74, 6) is -1.26. The van der Waals surface area contributed by atoms with Gasteiger partial charge in [0.05, 0.1) is 11.1 Å². The highest BCUT2D eigenvalue weighted by molar-refractivity contribution is 6.23. The lowest BCUT2D eigenvalue weighted by atomic mass is 9.85. The molecule has 4 aliphatic heterocycles. The summed E-state index contributed by atoms with van der Waals surface area (Å²) in [7, 11) is 0. The Morgan fingerprint density at radius 1 is 0.966 bits per heavy atom. The van der Waals surface area contributed by atoms with E-state index >= 15 is 0 Å². The Morgan fingerprint density at radius 2 is 1.79 bits per heavy atom. The number of amides is 4. The van der Waals surface area contributed by atoms with E-state index in [4.69, 9.17) is 0 Å². The molecule has 4 amide bonds. The lowest BCUT2D eigenvalue weighted by molar-refractivity contribution is -0.136. The smallest absolute Gasteiger partial charge is 0.262 e. The van der Waals surface area contributed by atoms with E-state index in [1.807, 2.05) is 6.07 Å². The van der Waals surface area contributed by atoms with Gasteiger partial charge in [0.25, 0.3) is 11.8 Å².